The van der Waals surface area contributed by atoms with Gasteiger partial charge >= 0.3 is 0 Å². The Balaban J connectivity index is 1.49. The van der Waals surface area contributed by atoms with Crippen LogP contribution >= 0.6 is 31.9 Å². The van der Waals surface area contributed by atoms with Crippen LogP contribution in [0.1, 0.15) is 55.2 Å². The van der Waals surface area contributed by atoms with Crippen molar-refractivity contribution in [3.05, 3.63) is 71.3 Å². The molecule has 0 heterocycles. The number of alkyl halides is 2. The molecule has 2 aromatic rings. The number of halogens is 2. The van der Waals surface area contributed by atoms with Gasteiger partial charge in [-0.25, -0.2) is 0 Å². The van der Waals surface area contributed by atoms with Crippen LogP contribution in [-0.4, -0.2) is 27.6 Å². The molecular formula is C24H31Br2N. The lowest BCUT2D eigenvalue weighted by atomic mass is 9.83. The molecule has 0 N–H and O–H groups in total. The summed E-state index contributed by atoms with van der Waals surface area (Å²) in [5.74, 6) is 0.592. The molecule has 0 aliphatic heterocycles. The minimum Gasteiger partial charge on any atom is -0.299 e. The van der Waals surface area contributed by atoms with Gasteiger partial charge in [0.2, 0.25) is 0 Å². The summed E-state index contributed by atoms with van der Waals surface area (Å²) in [6.07, 6.45) is 6.25. The van der Waals surface area contributed by atoms with Crippen molar-refractivity contribution in [3.63, 3.8) is 0 Å². The molecule has 1 aliphatic rings. The fourth-order valence-electron chi connectivity index (χ4n) is 4.12. The zero-order chi connectivity index (χ0) is 19.1. The van der Waals surface area contributed by atoms with Gasteiger partial charge in [-0.2, -0.15) is 0 Å². The monoisotopic (exact) mass is 491 g/mol. The Labute approximate surface area is 181 Å². The average Bonchev–Trinajstić information content (AvgIpc) is 2.69. The van der Waals surface area contributed by atoms with Crippen molar-refractivity contribution in [1.82, 2.24) is 4.90 Å². The largest absolute Gasteiger partial charge is 0.299 e. The zero-order valence-corrected chi connectivity index (χ0v) is 19.5. The van der Waals surface area contributed by atoms with Gasteiger partial charge in [-0.1, -0.05) is 99.8 Å². The molecule has 27 heavy (non-hydrogen) atoms. The van der Waals surface area contributed by atoms with Crippen molar-refractivity contribution in [1.29, 1.82) is 0 Å². The van der Waals surface area contributed by atoms with Crippen LogP contribution in [0.5, 0.6) is 0 Å². The molecule has 1 saturated carbocycles. The van der Waals surface area contributed by atoms with Crippen LogP contribution < -0.4 is 0 Å². The third kappa shape index (κ3) is 6.17. The van der Waals surface area contributed by atoms with E-state index < -0.39 is 0 Å². The lowest BCUT2D eigenvalue weighted by Crippen LogP contribution is -2.26. The summed E-state index contributed by atoms with van der Waals surface area (Å²) in [4.78, 5) is 3.73. The lowest BCUT2D eigenvalue weighted by Gasteiger charge is -2.32. The van der Waals surface area contributed by atoms with E-state index in [1.807, 2.05) is 0 Å². The smallest absolute Gasteiger partial charge is 0.0233 e. The van der Waals surface area contributed by atoms with Gasteiger partial charge in [0.15, 0.2) is 0 Å². The average molecular weight is 493 g/mol. The Bertz CT molecular complexity index is 661. The van der Waals surface area contributed by atoms with Crippen LogP contribution in [0.15, 0.2) is 54.6 Å². The summed E-state index contributed by atoms with van der Waals surface area (Å²) in [5, 5.41) is 0. The number of nitrogens with zero attached hydrogens (tertiary/aromatic N) is 1. The van der Waals surface area contributed by atoms with E-state index in [0.29, 0.717) is 15.6 Å². The van der Waals surface area contributed by atoms with Crippen molar-refractivity contribution in [2.24, 2.45) is 0 Å². The predicted octanol–water partition coefficient (Wildman–Crippen LogP) is 6.94. The molecule has 1 fully saturated rings. The molecule has 3 rings (SSSR count). The first-order valence-corrected chi connectivity index (χ1v) is 12.1. The highest BCUT2D eigenvalue weighted by molar-refractivity contribution is 9.10. The summed E-state index contributed by atoms with van der Waals surface area (Å²) in [7, 11) is 0. The third-order valence-electron chi connectivity index (χ3n) is 5.74. The normalized spacial score (nSPS) is 22.9. The van der Waals surface area contributed by atoms with E-state index in [0.717, 1.165) is 26.1 Å². The van der Waals surface area contributed by atoms with Crippen LogP contribution in [0, 0.1) is 0 Å². The highest BCUT2D eigenvalue weighted by Crippen LogP contribution is 2.41. The van der Waals surface area contributed by atoms with Crippen molar-refractivity contribution in [2.75, 3.05) is 13.1 Å². The topological polar surface area (TPSA) is 3.24 Å². The van der Waals surface area contributed by atoms with E-state index in [-0.39, 0.29) is 0 Å². The van der Waals surface area contributed by atoms with E-state index in [2.05, 4.69) is 98.3 Å². The number of hydrogen-bond donors (Lipinski definition) is 0. The molecule has 0 saturated heterocycles. The highest BCUT2D eigenvalue weighted by atomic mass is 79.9. The summed E-state index contributed by atoms with van der Waals surface area (Å²) < 4.78 is 0. The first-order valence-electron chi connectivity index (χ1n) is 10.3. The summed E-state index contributed by atoms with van der Waals surface area (Å²) in [5.41, 5.74) is 4.34. The fourth-order valence-corrected chi connectivity index (χ4v) is 6.52. The first-order chi connectivity index (χ1) is 13.2. The molecule has 0 bridgehead atoms. The maximum Gasteiger partial charge on any atom is 0.0233 e. The second-order valence-electron chi connectivity index (χ2n) is 7.69. The molecule has 2 atom stereocenters. The number of hydrogen-bond acceptors (Lipinski definition) is 1. The highest BCUT2D eigenvalue weighted by Gasteiger charge is 2.31. The second kappa shape index (κ2) is 10.8. The molecule has 0 spiro atoms. The van der Waals surface area contributed by atoms with Crippen molar-refractivity contribution in [3.8, 4) is 0 Å². The SMILES string of the molecule is CCN(CCCc1ccc(C2C(Br)CCCC2Br)cc1)Cc1ccccc1. The summed E-state index contributed by atoms with van der Waals surface area (Å²) in [6, 6.07) is 20.2. The number of rotatable bonds is 8. The maximum absolute atomic E-state index is 3.91. The number of aryl methyl sites for hydroxylation is 1. The van der Waals surface area contributed by atoms with Gasteiger partial charge in [0.25, 0.3) is 0 Å². The molecule has 1 aliphatic carbocycles. The Hall–Kier alpha value is -0.640. The third-order valence-corrected chi connectivity index (χ3v) is 7.79. The summed E-state index contributed by atoms with van der Waals surface area (Å²) >= 11 is 7.82. The van der Waals surface area contributed by atoms with Crippen LogP contribution in [0.3, 0.4) is 0 Å². The van der Waals surface area contributed by atoms with Crippen LogP contribution in [0.2, 0.25) is 0 Å². The minimum absolute atomic E-state index is 0.592. The van der Waals surface area contributed by atoms with Crippen molar-refractivity contribution in [2.45, 2.75) is 61.1 Å². The molecule has 1 nitrogen and oxygen atoms in total. The molecule has 0 aromatic heterocycles. The Morgan fingerprint density at radius 1 is 0.889 bits per heavy atom. The quantitative estimate of drug-likeness (QED) is 0.361. The minimum atomic E-state index is 0.592. The molecule has 146 valence electrons. The first kappa shape index (κ1) is 21.1. The van der Waals surface area contributed by atoms with Crippen LogP contribution in [0.25, 0.3) is 0 Å². The van der Waals surface area contributed by atoms with E-state index >= 15 is 0 Å². The summed E-state index contributed by atoms with van der Waals surface area (Å²) in [6.45, 7) is 5.57. The molecule has 0 amide bonds. The van der Waals surface area contributed by atoms with Crippen LogP contribution in [0.4, 0.5) is 0 Å². The lowest BCUT2D eigenvalue weighted by molar-refractivity contribution is 0.276. The number of benzene rings is 2. The molecule has 2 unspecified atom stereocenters. The Morgan fingerprint density at radius 3 is 2.19 bits per heavy atom. The van der Waals surface area contributed by atoms with Gasteiger partial charge in [0, 0.05) is 22.1 Å². The second-order valence-corrected chi connectivity index (χ2v) is 10.0. The Kier molecular flexibility index (Phi) is 8.42. The van der Waals surface area contributed by atoms with Gasteiger partial charge in [0.05, 0.1) is 0 Å². The van der Waals surface area contributed by atoms with E-state index in [9.17, 15) is 0 Å². The van der Waals surface area contributed by atoms with Gasteiger partial charge in [-0.05, 0) is 55.5 Å². The van der Waals surface area contributed by atoms with Gasteiger partial charge in [0.1, 0.15) is 0 Å². The van der Waals surface area contributed by atoms with E-state index in [1.165, 1.54) is 42.4 Å². The van der Waals surface area contributed by atoms with Gasteiger partial charge in [-0.3, -0.25) is 4.90 Å². The van der Waals surface area contributed by atoms with Crippen molar-refractivity contribution >= 4 is 31.9 Å². The zero-order valence-electron chi connectivity index (χ0n) is 16.3. The van der Waals surface area contributed by atoms with E-state index in [4.69, 9.17) is 0 Å². The molecule has 0 radical (unpaired) electrons. The maximum atomic E-state index is 3.91. The fraction of sp³-hybridized carbons (Fsp3) is 0.500. The molecule has 2 aromatic carbocycles. The van der Waals surface area contributed by atoms with Crippen molar-refractivity contribution < 1.29 is 0 Å². The molecule has 3 heteroatoms. The Morgan fingerprint density at radius 2 is 1.56 bits per heavy atom. The predicted molar refractivity (Wildman–Crippen MR) is 124 cm³/mol. The van der Waals surface area contributed by atoms with Crippen LogP contribution in [-0.2, 0) is 13.0 Å². The standard InChI is InChI=1S/C24H31Br2N/c1-2-27(18-20-8-4-3-5-9-20)17-7-10-19-13-15-21(16-14-19)24-22(25)11-6-12-23(24)26/h3-5,8-9,13-16,22-24H,2,6-7,10-12,17-18H2,1H3. The molecular weight excluding hydrogens is 462 g/mol. The van der Waals surface area contributed by atoms with E-state index in [1.54, 1.807) is 0 Å². The van der Waals surface area contributed by atoms with Gasteiger partial charge in [-0.15, -0.1) is 0 Å². The van der Waals surface area contributed by atoms with Gasteiger partial charge < -0.3 is 0 Å².